The normalized spacial score (nSPS) is 21.9. The number of unbranched alkanes of at least 4 members (excludes halogenated alkanes) is 5. The lowest BCUT2D eigenvalue weighted by Gasteiger charge is -2.58. The van der Waals surface area contributed by atoms with Crippen LogP contribution in [0.25, 0.3) is 0 Å². The SMILES string of the molecule is [CH2]CN1CC(C)(C)N(CCN2C(C)(C)CN(CCOC(=O)CCCCCCCCC([O])=O)C(=O)C2(C)C)C(C)(C)C1=O. The van der Waals surface area contributed by atoms with Gasteiger partial charge in [0.15, 0.2) is 0 Å². The maximum Gasteiger partial charge on any atom is 0.355 e. The molecule has 0 aromatic heterocycles. The number of carbonyl (C=O) groups excluding carboxylic acids is 4. The van der Waals surface area contributed by atoms with E-state index in [1.807, 2.05) is 32.6 Å². The van der Waals surface area contributed by atoms with E-state index in [0.29, 0.717) is 52.1 Å². The van der Waals surface area contributed by atoms with Crippen molar-refractivity contribution in [3.05, 3.63) is 6.92 Å². The van der Waals surface area contributed by atoms with Crippen LogP contribution < -0.4 is 0 Å². The van der Waals surface area contributed by atoms with E-state index >= 15 is 0 Å². The Balaban J connectivity index is 1.87. The van der Waals surface area contributed by atoms with E-state index in [4.69, 9.17) is 4.74 Å². The van der Waals surface area contributed by atoms with Gasteiger partial charge in [-0.3, -0.25) is 24.2 Å². The molecule has 0 unspecified atom stereocenters. The molecule has 2 rings (SSSR count). The van der Waals surface area contributed by atoms with Crippen molar-refractivity contribution >= 4 is 23.8 Å². The first-order valence-corrected chi connectivity index (χ1v) is 15.7. The highest BCUT2D eigenvalue weighted by Crippen LogP contribution is 2.36. The fourth-order valence-electron chi connectivity index (χ4n) is 7.08. The van der Waals surface area contributed by atoms with E-state index < -0.39 is 17.0 Å². The first kappa shape index (κ1) is 36.0. The minimum absolute atomic E-state index is 0.00743. The van der Waals surface area contributed by atoms with Crippen LogP contribution in [0.4, 0.5) is 0 Å². The monoisotopic (exact) mass is 592 g/mol. The van der Waals surface area contributed by atoms with Crippen LogP contribution in [-0.2, 0) is 29.0 Å². The Bertz CT molecular complexity index is 961. The predicted molar refractivity (Wildman–Crippen MR) is 162 cm³/mol. The second kappa shape index (κ2) is 14.5. The first-order valence-electron chi connectivity index (χ1n) is 15.7. The second-order valence-corrected chi connectivity index (χ2v) is 14.2. The summed E-state index contributed by atoms with van der Waals surface area (Å²) in [4.78, 5) is 57.7. The molecule has 0 aromatic carbocycles. The summed E-state index contributed by atoms with van der Waals surface area (Å²) >= 11 is 0. The van der Waals surface area contributed by atoms with Crippen molar-refractivity contribution in [2.75, 3.05) is 45.9 Å². The third-order valence-electron chi connectivity index (χ3n) is 9.04. The zero-order valence-corrected chi connectivity index (χ0v) is 27.6. The van der Waals surface area contributed by atoms with Gasteiger partial charge >= 0.3 is 11.9 Å². The number of ether oxygens (including phenoxy) is 1. The largest absolute Gasteiger partial charge is 0.464 e. The average Bonchev–Trinajstić information content (AvgIpc) is 2.87. The van der Waals surface area contributed by atoms with Crippen LogP contribution in [0.5, 0.6) is 0 Å². The number of esters is 1. The van der Waals surface area contributed by atoms with Gasteiger partial charge in [0.1, 0.15) is 6.61 Å². The molecule has 2 saturated heterocycles. The molecule has 2 radical (unpaired) electrons. The Morgan fingerprint density at radius 1 is 0.690 bits per heavy atom. The highest BCUT2D eigenvalue weighted by molar-refractivity contribution is 5.87. The molecule has 2 aliphatic heterocycles. The van der Waals surface area contributed by atoms with E-state index in [0.717, 1.165) is 32.1 Å². The number of piperazine rings is 2. The van der Waals surface area contributed by atoms with Crippen molar-refractivity contribution in [3.8, 4) is 0 Å². The van der Waals surface area contributed by atoms with Gasteiger partial charge in [0.25, 0.3) is 0 Å². The molecule has 0 N–H and O–H groups in total. The molecule has 2 fully saturated rings. The molecule has 0 aromatic rings. The van der Waals surface area contributed by atoms with E-state index in [1.54, 1.807) is 4.90 Å². The Morgan fingerprint density at radius 3 is 1.60 bits per heavy atom. The summed E-state index contributed by atoms with van der Waals surface area (Å²) in [6, 6.07) is 0. The van der Waals surface area contributed by atoms with Crippen molar-refractivity contribution in [2.24, 2.45) is 0 Å². The van der Waals surface area contributed by atoms with Crippen molar-refractivity contribution < 1.29 is 29.0 Å². The summed E-state index contributed by atoms with van der Waals surface area (Å²) in [6.45, 7) is 23.8. The van der Waals surface area contributed by atoms with Gasteiger partial charge in [-0.05, 0) is 75.2 Å². The molecule has 240 valence electrons. The molecule has 42 heavy (non-hydrogen) atoms. The topological polar surface area (TPSA) is 110 Å². The zero-order chi connectivity index (χ0) is 31.9. The molecule has 2 amide bonds. The van der Waals surface area contributed by atoms with Gasteiger partial charge in [-0.1, -0.05) is 25.7 Å². The molecule has 10 nitrogen and oxygen atoms in total. The lowest BCUT2D eigenvalue weighted by Crippen LogP contribution is -2.75. The van der Waals surface area contributed by atoms with Gasteiger partial charge in [0, 0.05) is 50.2 Å². The smallest absolute Gasteiger partial charge is 0.355 e. The summed E-state index contributed by atoms with van der Waals surface area (Å²) in [5, 5.41) is 10.4. The quantitative estimate of drug-likeness (QED) is 0.198. The molecule has 10 heteroatoms. The van der Waals surface area contributed by atoms with Crippen LogP contribution in [0.15, 0.2) is 0 Å². The number of hydrogen-bond donors (Lipinski definition) is 0. The number of amides is 2. The summed E-state index contributed by atoms with van der Waals surface area (Å²) in [7, 11) is 0. The third kappa shape index (κ3) is 8.91. The highest BCUT2D eigenvalue weighted by Gasteiger charge is 2.53. The second-order valence-electron chi connectivity index (χ2n) is 14.2. The van der Waals surface area contributed by atoms with Crippen LogP contribution in [0.1, 0.15) is 107 Å². The standard InChI is InChI=1S/C32H56N4O6/c1-10-33-23-29(2,3)35(31(6,7)27(33)40)19-20-36-30(4,5)24-34(28(41)32(36,8)9)21-22-42-26(39)18-16-14-12-11-13-15-17-25(37)38/h1,10-24H2,2-9H3. The zero-order valence-electron chi connectivity index (χ0n) is 27.6. The molecule has 0 bridgehead atoms. The molecule has 2 heterocycles. The van der Waals surface area contributed by atoms with Gasteiger partial charge in [0.05, 0.1) is 24.0 Å². The fourth-order valence-corrected chi connectivity index (χ4v) is 7.08. The Kier molecular flexibility index (Phi) is 12.4. The van der Waals surface area contributed by atoms with Gasteiger partial charge in [0.2, 0.25) is 11.8 Å². The van der Waals surface area contributed by atoms with Crippen molar-refractivity contribution in [1.29, 1.82) is 0 Å². The van der Waals surface area contributed by atoms with Crippen LogP contribution in [0.3, 0.4) is 0 Å². The molecule has 0 atom stereocenters. The van der Waals surface area contributed by atoms with Crippen LogP contribution >= 0.6 is 0 Å². The highest BCUT2D eigenvalue weighted by atomic mass is 16.5. The fraction of sp³-hybridized carbons (Fsp3) is 0.844. The summed E-state index contributed by atoms with van der Waals surface area (Å²) < 4.78 is 5.46. The summed E-state index contributed by atoms with van der Waals surface area (Å²) in [6.07, 6.45) is 5.48. The van der Waals surface area contributed by atoms with E-state index in [1.165, 1.54) is 0 Å². The number of carbonyl (C=O) groups is 4. The lowest BCUT2D eigenvalue weighted by atomic mass is 9.85. The molecular weight excluding hydrogens is 536 g/mol. The molecule has 0 saturated carbocycles. The Morgan fingerprint density at radius 2 is 1.12 bits per heavy atom. The predicted octanol–water partition coefficient (Wildman–Crippen LogP) is 3.84. The number of nitrogens with zero attached hydrogens (tertiary/aromatic N) is 4. The van der Waals surface area contributed by atoms with Crippen molar-refractivity contribution in [2.45, 2.75) is 129 Å². The van der Waals surface area contributed by atoms with Crippen LogP contribution in [0.2, 0.25) is 0 Å². The van der Waals surface area contributed by atoms with Gasteiger partial charge < -0.3 is 14.5 Å². The minimum atomic E-state index is -1.00. The summed E-state index contributed by atoms with van der Waals surface area (Å²) in [5.74, 6) is -1.17. The van der Waals surface area contributed by atoms with Gasteiger partial charge in [-0.2, -0.15) is 0 Å². The molecule has 2 aliphatic rings. The third-order valence-corrected chi connectivity index (χ3v) is 9.04. The molecule has 0 spiro atoms. The minimum Gasteiger partial charge on any atom is -0.464 e. The average molecular weight is 593 g/mol. The van der Waals surface area contributed by atoms with E-state index in [-0.39, 0.29) is 41.9 Å². The van der Waals surface area contributed by atoms with Crippen molar-refractivity contribution in [3.63, 3.8) is 0 Å². The van der Waals surface area contributed by atoms with Crippen LogP contribution in [0, 0.1) is 6.92 Å². The Hall–Kier alpha value is -2.20. The number of rotatable bonds is 16. The van der Waals surface area contributed by atoms with Gasteiger partial charge in [-0.15, -0.1) is 0 Å². The maximum absolute atomic E-state index is 13.6. The maximum atomic E-state index is 13.6. The number of hydrogen-bond acceptors (Lipinski definition) is 7. The van der Waals surface area contributed by atoms with Crippen LogP contribution in [-0.4, -0.2) is 111 Å². The van der Waals surface area contributed by atoms with Crippen molar-refractivity contribution in [1.82, 2.24) is 19.6 Å². The van der Waals surface area contributed by atoms with E-state index in [9.17, 15) is 24.3 Å². The first-order chi connectivity index (χ1) is 19.4. The molecular formula is C32H56N4O6. The summed E-state index contributed by atoms with van der Waals surface area (Å²) in [5.41, 5.74) is -2.00. The molecule has 0 aliphatic carbocycles. The van der Waals surface area contributed by atoms with Gasteiger partial charge in [-0.25, -0.2) is 9.90 Å². The lowest BCUT2D eigenvalue weighted by molar-refractivity contribution is -0.168. The van der Waals surface area contributed by atoms with E-state index in [2.05, 4.69) is 44.4 Å². The Labute approximate surface area is 254 Å².